The molecule has 1 aromatic heterocycles. The molecular formula is C13H17BrN4. The average molecular weight is 309 g/mol. The van der Waals surface area contributed by atoms with Gasteiger partial charge in [-0.1, -0.05) is 41.9 Å². The first-order chi connectivity index (χ1) is 8.65. The normalized spacial score (nSPS) is 11.1. The highest BCUT2D eigenvalue weighted by Gasteiger charge is 2.05. The molecule has 1 aromatic carbocycles. The Balaban J connectivity index is 2.07. The van der Waals surface area contributed by atoms with Crippen molar-refractivity contribution in [2.75, 3.05) is 0 Å². The van der Waals surface area contributed by atoms with Crippen LogP contribution >= 0.6 is 15.9 Å². The summed E-state index contributed by atoms with van der Waals surface area (Å²) in [6.07, 6.45) is 1.61. The summed E-state index contributed by atoms with van der Waals surface area (Å²) in [7, 11) is 0. The van der Waals surface area contributed by atoms with Gasteiger partial charge in [-0.3, -0.25) is 0 Å². The summed E-state index contributed by atoms with van der Waals surface area (Å²) in [5.41, 5.74) is 1.21. The lowest BCUT2D eigenvalue weighted by Crippen LogP contribution is -2.24. The Morgan fingerprint density at radius 2 is 2.22 bits per heavy atom. The molecule has 0 spiro atoms. The number of halogens is 1. The van der Waals surface area contributed by atoms with Crippen molar-refractivity contribution >= 4 is 15.9 Å². The van der Waals surface area contributed by atoms with Gasteiger partial charge in [0, 0.05) is 10.5 Å². The van der Waals surface area contributed by atoms with Gasteiger partial charge < -0.3 is 5.32 Å². The third-order valence-corrected chi connectivity index (χ3v) is 3.08. The molecule has 0 aliphatic heterocycles. The van der Waals surface area contributed by atoms with E-state index in [-0.39, 0.29) is 0 Å². The SMILES string of the molecule is CC(C)NCc1ncnn1Cc1cccc(Br)c1. The minimum absolute atomic E-state index is 0.445. The molecule has 4 nitrogen and oxygen atoms in total. The summed E-state index contributed by atoms with van der Waals surface area (Å²) in [6, 6.07) is 8.68. The van der Waals surface area contributed by atoms with Crippen molar-refractivity contribution in [2.45, 2.75) is 33.0 Å². The van der Waals surface area contributed by atoms with Crippen LogP contribution in [-0.4, -0.2) is 20.8 Å². The molecule has 0 aliphatic carbocycles. The van der Waals surface area contributed by atoms with Crippen molar-refractivity contribution in [2.24, 2.45) is 0 Å². The fourth-order valence-corrected chi connectivity index (χ4v) is 2.11. The quantitative estimate of drug-likeness (QED) is 0.923. The maximum Gasteiger partial charge on any atom is 0.141 e. The second-order valence-electron chi connectivity index (χ2n) is 4.50. The summed E-state index contributed by atoms with van der Waals surface area (Å²) >= 11 is 3.48. The molecule has 5 heteroatoms. The molecular weight excluding hydrogens is 292 g/mol. The fourth-order valence-electron chi connectivity index (χ4n) is 1.66. The van der Waals surface area contributed by atoms with Gasteiger partial charge in [0.1, 0.15) is 12.2 Å². The zero-order valence-electron chi connectivity index (χ0n) is 10.6. The Labute approximate surface area is 116 Å². The van der Waals surface area contributed by atoms with Gasteiger partial charge in [0.15, 0.2) is 0 Å². The largest absolute Gasteiger partial charge is 0.308 e. The molecule has 0 bridgehead atoms. The summed E-state index contributed by atoms with van der Waals surface area (Å²) in [5, 5.41) is 7.62. The van der Waals surface area contributed by atoms with Crippen molar-refractivity contribution in [3.05, 3.63) is 46.5 Å². The van der Waals surface area contributed by atoms with Gasteiger partial charge in [0.2, 0.25) is 0 Å². The van der Waals surface area contributed by atoms with E-state index in [1.54, 1.807) is 6.33 Å². The molecule has 0 amide bonds. The molecule has 0 radical (unpaired) electrons. The lowest BCUT2D eigenvalue weighted by molar-refractivity contribution is 0.539. The fraction of sp³-hybridized carbons (Fsp3) is 0.385. The number of rotatable bonds is 5. The molecule has 1 heterocycles. The van der Waals surface area contributed by atoms with E-state index in [0.717, 1.165) is 23.4 Å². The van der Waals surface area contributed by atoms with E-state index < -0.39 is 0 Å². The Kier molecular flexibility index (Phi) is 4.49. The van der Waals surface area contributed by atoms with E-state index in [4.69, 9.17) is 0 Å². The smallest absolute Gasteiger partial charge is 0.141 e. The third-order valence-electron chi connectivity index (χ3n) is 2.59. The number of benzene rings is 1. The van der Waals surface area contributed by atoms with Crippen molar-refractivity contribution in [1.29, 1.82) is 0 Å². The zero-order chi connectivity index (χ0) is 13.0. The molecule has 2 rings (SSSR count). The van der Waals surface area contributed by atoms with E-state index in [1.165, 1.54) is 5.56 Å². The predicted octanol–water partition coefficient (Wildman–Crippen LogP) is 2.59. The van der Waals surface area contributed by atoms with Crippen LogP contribution in [0.3, 0.4) is 0 Å². The highest BCUT2D eigenvalue weighted by atomic mass is 79.9. The van der Waals surface area contributed by atoms with Crippen molar-refractivity contribution in [3.63, 3.8) is 0 Å². The monoisotopic (exact) mass is 308 g/mol. The van der Waals surface area contributed by atoms with Gasteiger partial charge in [-0.2, -0.15) is 5.10 Å². The van der Waals surface area contributed by atoms with E-state index in [0.29, 0.717) is 6.04 Å². The summed E-state index contributed by atoms with van der Waals surface area (Å²) in [4.78, 5) is 4.28. The number of nitrogens with zero attached hydrogens (tertiary/aromatic N) is 3. The van der Waals surface area contributed by atoms with Crippen LogP contribution in [0.25, 0.3) is 0 Å². The maximum atomic E-state index is 4.28. The highest BCUT2D eigenvalue weighted by molar-refractivity contribution is 9.10. The van der Waals surface area contributed by atoms with Crippen molar-refractivity contribution in [1.82, 2.24) is 20.1 Å². The van der Waals surface area contributed by atoms with Gasteiger partial charge in [-0.15, -0.1) is 0 Å². The molecule has 18 heavy (non-hydrogen) atoms. The first-order valence-corrected chi connectivity index (χ1v) is 6.79. The lowest BCUT2D eigenvalue weighted by Gasteiger charge is -2.09. The Hall–Kier alpha value is -1.20. The van der Waals surface area contributed by atoms with Crippen molar-refractivity contribution in [3.8, 4) is 0 Å². The molecule has 0 unspecified atom stereocenters. The van der Waals surface area contributed by atoms with Gasteiger partial charge in [-0.05, 0) is 17.7 Å². The molecule has 0 aliphatic rings. The van der Waals surface area contributed by atoms with Gasteiger partial charge in [0.05, 0.1) is 13.1 Å². The molecule has 0 atom stereocenters. The molecule has 0 saturated heterocycles. The number of nitrogens with one attached hydrogen (secondary N) is 1. The van der Waals surface area contributed by atoms with Crippen LogP contribution in [-0.2, 0) is 13.1 Å². The standard InChI is InChI=1S/C13H17BrN4/c1-10(2)15-7-13-16-9-17-18(13)8-11-4-3-5-12(14)6-11/h3-6,9-10,15H,7-8H2,1-2H3. The van der Waals surface area contributed by atoms with Gasteiger partial charge in [-0.25, -0.2) is 9.67 Å². The van der Waals surface area contributed by atoms with Crippen LogP contribution < -0.4 is 5.32 Å². The minimum atomic E-state index is 0.445. The predicted molar refractivity (Wildman–Crippen MR) is 75.2 cm³/mol. The number of hydrogen-bond donors (Lipinski definition) is 1. The van der Waals surface area contributed by atoms with Crippen LogP contribution in [0.4, 0.5) is 0 Å². The van der Waals surface area contributed by atoms with Crippen molar-refractivity contribution < 1.29 is 0 Å². The summed E-state index contributed by atoms with van der Waals surface area (Å²) in [5.74, 6) is 0.962. The molecule has 96 valence electrons. The first kappa shape index (κ1) is 13.2. The van der Waals surface area contributed by atoms with E-state index >= 15 is 0 Å². The molecule has 1 N–H and O–H groups in total. The highest BCUT2D eigenvalue weighted by Crippen LogP contribution is 2.12. The average Bonchev–Trinajstić information content (AvgIpc) is 2.74. The second kappa shape index (κ2) is 6.11. The van der Waals surface area contributed by atoms with Crippen LogP contribution in [0, 0.1) is 0 Å². The number of hydrogen-bond acceptors (Lipinski definition) is 3. The lowest BCUT2D eigenvalue weighted by atomic mass is 10.2. The van der Waals surface area contributed by atoms with Gasteiger partial charge in [0.25, 0.3) is 0 Å². The van der Waals surface area contributed by atoms with Gasteiger partial charge >= 0.3 is 0 Å². The van der Waals surface area contributed by atoms with Crippen LogP contribution in [0.5, 0.6) is 0 Å². The summed E-state index contributed by atoms with van der Waals surface area (Å²) < 4.78 is 3.01. The number of aromatic nitrogens is 3. The zero-order valence-corrected chi connectivity index (χ0v) is 12.2. The van der Waals surface area contributed by atoms with Crippen LogP contribution in [0.1, 0.15) is 25.2 Å². The minimum Gasteiger partial charge on any atom is -0.308 e. The topological polar surface area (TPSA) is 42.7 Å². The molecule has 2 aromatic rings. The second-order valence-corrected chi connectivity index (χ2v) is 5.42. The van der Waals surface area contributed by atoms with E-state index in [1.807, 2.05) is 16.8 Å². The van der Waals surface area contributed by atoms with E-state index in [2.05, 4.69) is 57.3 Å². The van der Waals surface area contributed by atoms with Crippen LogP contribution in [0.15, 0.2) is 35.1 Å². The summed E-state index contributed by atoms with van der Waals surface area (Å²) in [6.45, 7) is 5.73. The Bertz CT molecular complexity index is 507. The van der Waals surface area contributed by atoms with E-state index in [9.17, 15) is 0 Å². The third kappa shape index (κ3) is 3.65. The maximum absolute atomic E-state index is 4.28. The Morgan fingerprint density at radius 1 is 1.39 bits per heavy atom. The molecule has 0 saturated carbocycles. The Morgan fingerprint density at radius 3 is 2.94 bits per heavy atom. The first-order valence-electron chi connectivity index (χ1n) is 5.99. The molecule has 0 fully saturated rings. The van der Waals surface area contributed by atoms with Crippen LogP contribution in [0.2, 0.25) is 0 Å².